The Morgan fingerprint density at radius 2 is 1.78 bits per heavy atom. The third-order valence-corrected chi connectivity index (χ3v) is 3.59. The summed E-state index contributed by atoms with van der Waals surface area (Å²) in [7, 11) is 0. The summed E-state index contributed by atoms with van der Waals surface area (Å²) < 4.78 is 0. The van der Waals surface area contributed by atoms with E-state index in [9.17, 15) is 0 Å². The Morgan fingerprint density at radius 1 is 1.06 bits per heavy atom. The Kier molecular flexibility index (Phi) is 2.95. The highest BCUT2D eigenvalue weighted by molar-refractivity contribution is 7.08. The molecule has 2 heterocycles. The monoisotopic (exact) mass is 257 g/mol. The van der Waals surface area contributed by atoms with Crippen LogP contribution in [0.25, 0.3) is 11.1 Å². The summed E-state index contributed by atoms with van der Waals surface area (Å²) in [6.45, 7) is 0.557. The average molecular weight is 257 g/mol. The van der Waals surface area contributed by atoms with Crippen LogP contribution < -0.4 is 5.73 Å². The molecule has 0 fully saturated rings. The summed E-state index contributed by atoms with van der Waals surface area (Å²) >= 11 is 1.63. The lowest BCUT2D eigenvalue weighted by molar-refractivity contribution is 0.770. The molecule has 0 amide bonds. The average Bonchev–Trinajstić information content (AvgIpc) is 3.09. The molecular formula is C12H11N5S. The van der Waals surface area contributed by atoms with Gasteiger partial charge in [-0.15, -0.1) is 10.2 Å². The van der Waals surface area contributed by atoms with E-state index in [-0.39, 0.29) is 6.17 Å². The smallest absolute Gasteiger partial charge is 0.211 e. The van der Waals surface area contributed by atoms with Crippen LogP contribution in [-0.4, -0.2) is 0 Å². The van der Waals surface area contributed by atoms with Gasteiger partial charge in [0, 0.05) is 12.1 Å². The summed E-state index contributed by atoms with van der Waals surface area (Å²) in [5, 5.41) is 19.2. The van der Waals surface area contributed by atoms with Crippen LogP contribution in [0.1, 0.15) is 17.3 Å². The van der Waals surface area contributed by atoms with E-state index in [2.05, 4.69) is 38.2 Å². The molecule has 90 valence electrons. The van der Waals surface area contributed by atoms with Crippen LogP contribution in [0.15, 0.2) is 55.7 Å². The first-order valence-corrected chi connectivity index (χ1v) is 6.48. The van der Waals surface area contributed by atoms with Gasteiger partial charge in [-0.2, -0.15) is 11.3 Å². The van der Waals surface area contributed by atoms with Gasteiger partial charge < -0.3 is 5.73 Å². The Morgan fingerprint density at radius 3 is 2.44 bits per heavy atom. The van der Waals surface area contributed by atoms with Crippen molar-refractivity contribution in [2.24, 2.45) is 26.4 Å². The highest BCUT2D eigenvalue weighted by atomic mass is 32.1. The molecule has 0 atom stereocenters. The molecule has 3 rings (SSSR count). The van der Waals surface area contributed by atoms with Gasteiger partial charge in [-0.25, -0.2) is 0 Å². The van der Waals surface area contributed by atoms with E-state index >= 15 is 0 Å². The lowest BCUT2D eigenvalue weighted by atomic mass is 10.0. The van der Waals surface area contributed by atoms with Gasteiger partial charge in [0.2, 0.25) is 6.17 Å². The first kappa shape index (κ1) is 11.2. The van der Waals surface area contributed by atoms with Gasteiger partial charge in [0.1, 0.15) is 0 Å². The van der Waals surface area contributed by atoms with E-state index < -0.39 is 0 Å². The SMILES string of the molecule is NCc1ccc(-c2cscc2C2N=NN=N2)cc1. The highest BCUT2D eigenvalue weighted by Gasteiger charge is 2.18. The number of hydrogen-bond acceptors (Lipinski definition) is 6. The first-order chi connectivity index (χ1) is 8.88. The fraction of sp³-hybridized carbons (Fsp3) is 0.167. The van der Waals surface area contributed by atoms with Gasteiger partial charge in [-0.3, -0.25) is 0 Å². The predicted molar refractivity (Wildman–Crippen MR) is 70.1 cm³/mol. The second-order valence-electron chi connectivity index (χ2n) is 3.93. The molecule has 1 aromatic heterocycles. The fourth-order valence-corrected chi connectivity index (χ4v) is 2.73. The van der Waals surface area contributed by atoms with Crippen LogP contribution in [0.3, 0.4) is 0 Å². The maximum absolute atomic E-state index is 5.60. The van der Waals surface area contributed by atoms with Crippen molar-refractivity contribution < 1.29 is 0 Å². The van der Waals surface area contributed by atoms with Crippen LogP contribution >= 0.6 is 11.3 Å². The maximum atomic E-state index is 5.60. The first-order valence-electron chi connectivity index (χ1n) is 5.54. The molecule has 18 heavy (non-hydrogen) atoms. The molecule has 2 N–H and O–H groups in total. The zero-order valence-corrected chi connectivity index (χ0v) is 10.3. The van der Waals surface area contributed by atoms with Crippen LogP contribution in [0.4, 0.5) is 0 Å². The predicted octanol–water partition coefficient (Wildman–Crippen LogP) is 3.71. The number of thiophene rings is 1. The molecule has 0 aliphatic carbocycles. The van der Waals surface area contributed by atoms with Crippen molar-refractivity contribution in [1.29, 1.82) is 0 Å². The largest absolute Gasteiger partial charge is 0.326 e. The molecule has 0 radical (unpaired) electrons. The molecule has 1 aromatic carbocycles. The molecule has 0 bridgehead atoms. The summed E-state index contributed by atoms with van der Waals surface area (Å²) in [6.07, 6.45) is -0.291. The molecular weight excluding hydrogens is 246 g/mol. The summed E-state index contributed by atoms with van der Waals surface area (Å²) in [5.74, 6) is 0. The second-order valence-corrected chi connectivity index (χ2v) is 4.67. The minimum atomic E-state index is -0.291. The Balaban J connectivity index is 1.98. The standard InChI is InChI=1S/C12H11N5S/c13-5-8-1-3-9(4-2-8)10-6-18-7-11(10)12-14-16-17-15-12/h1-4,6-7,12H,5,13H2. The molecule has 0 saturated carbocycles. The minimum Gasteiger partial charge on any atom is -0.326 e. The van der Waals surface area contributed by atoms with Crippen molar-refractivity contribution in [3.05, 3.63) is 46.2 Å². The van der Waals surface area contributed by atoms with Crippen LogP contribution in [-0.2, 0) is 6.54 Å². The summed E-state index contributed by atoms with van der Waals surface area (Å²) in [5.41, 5.74) is 10.0. The highest BCUT2D eigenvalue weighted by Crippen LogP contribution is 2.35. The molecule has 2 aromatic rings. The molecule has 5 nitrogen and oxygen atoms in total. The lowest BCUT2D eigenvalue weighted by Gasteiger charge is -2.05. The maximum Gasteiger partial charge on any atom is 0.211 e. The van der Waals surface area contributed by atoms with Gasteiger partial charge in [-0.1, -0.05) is 24.3 Å². The molecule has 6 heteroatoms. The van der Waals surface area contributed by atoms with Gasteiger partial charge in [0.05, 0.1) is 0 Å². The Bertz CT molecular complexity index is 587. The van der Waals surface area contributed by atoms with Crippen molar-refractivity contribution >= 4 is 11.3 Å². The normalized spacial score (nSPS) is 14.5. The van der Waals surface area contributed by atoms with E-state index in [0.29, 0.717) is 6.54 Å². The number of benzene rings is 1. The quantitative estimate of drug-likeness (QED) is 0.894. The molecule has 1 aliphatic heterocycles. The van der Waals surface area contributed by atoms with Crippen molar-refractivity contribution in [1.82, 2.24) is 0 Å². The fourth-order valence-electron chi connectivity index (χ4n) is 1.85. The van der Waals surface area contributed by atoms with Crippen molar-refractivity contribution in [2.45, 2.75) is 12.7 Å². The lowest BCUT2D eigenvalue weighted by Crippen LogP contribution is -1.95. The van der Waals surface area contributed by atoms with Gasteiger partial charge in [0.15, 0.2) is 0 Å². The van der Waals surface area contributed by atoms with Crippen molar-refractivity contribution in [3.8, 4) is 11.1 Å². The number of nitrogens with zero attached hydrogens (tertiary/aromatic N) is 4. The molecule has 0 saturated heterocycles. The molecule has 0 spiro atoms. The van der Waals surface area contributed by atoms with Crippen LogP contribution in [0, 0.1) is 0 Å². The minimum absolute atomic E-state index is 0.291. The number of nitrogens with two attached hydrogens (primary N) is 1. The number of rotatable bonds is 3. The second kappa shape index (κ2) is 4.75. The van der Waals surface area contributed by atoms with E-state index in [1.54, 1.807) is 11.3 Å². The summed E-state index contributed by atoms with van der Waals surface area (Å²) in [6, 6.07) is 8.21. The van der Waals surface area contributed by atoms with Crippen molar-refractivity contribution in [3.63, 3.8) is 0 Å². The Hall–Kier alpha value is -1.92. The van der Waals surface area contributed by atoms with Crippen LogP contribution in [0.2, 0.25) is 0 Å². The van der Waals surface area contributed by atoms with Gasteiger partial charge >= 0.3 is 0 Å². The molecule has 0 unspecified atom stereocenters. The van der Waals surface area contributed by atoms with Crippen molar-refractivity contribution in [2.75, 3.05) is 0 Å². The zero-order chi connectivity index (χ0) is 12.4. The molecule has 1 aliphatic rings. The number of hydrogen-bond donors (Lipinski definition) is 1. The third-order valence-electron chi connectivity index (χ3n) is 2.83. The van der Waals surface area contributed by atoms with E-state index in [0.717, 1.165) is 22.3 Å². The topological polar surface area (TPSA) is 75.5 Å². The third kappa shape index (κ3) is 1.96. The van der Waals surface area contributed by atoms with E-state index in [4.69, 9.17) is 5.73 Å². The van der Waals surface area contributed by atoms with Crippen LogP contribution in [0.5, 0.6) is 0 Å². The Labute approximate surface area is 108 Å². The van der Waals surface area contributed by atoms with Gasteiger partial charge in [-0.05, 0) is 37.9 Å². The van der Waals surface area contributed by atoms with Gasteiger partial charge in [0.25, 0.3) is 0 Å². The summed E-state index contributed by atoms with van der Waals surface area (Å²) in [4.78, 5) is 0. The van der Waals surface area contributed by atoms with E-state index in [1.807, 2.05) is 17.5 Å². The zero-order valence-electron chi connectivity index (χ0n) is 9.52. The van der Waals surface area contributed by atoms with E-state index in [1.165, 1.54) is 0 Å².